The van der Waals surface area contributed by atoms with E-state index >= 15 is 0 Å². The van der Waals surface area contributed by atoms with Gasteiger partial charge in [0.1, 0.15) is 54.6 Å². The number of aliphatic hydroxyl groups excluding tert-OH is 5. The number of aryl methyl sites for hydroxylation is 1. The lowest BCUT2D eigenvalue weighted by Gasteiger charge is -2.49. The van der Waals surface area contributed by atoms with Crippen LogP contribution in [-0.2, 0) is 44.6 Å². The number of carbonyl (C=O) groups is 4. The van der Waals surface area contributed by atoms with Crippen molar-refractivity contribution in [3.63, 3.8) is 0 Å². The summed E-state index contributed by atoms with van der Waals surface area (Å²) in [7, 11) is 0. The number of nitrogens with zero attached hydrogens (tertiary/aromatic N) is 4. The largest absolute Gasteiger partial charge is 0.394 e. The first-order chi connectivity index (χ1) is 31.2. The fourth-order valence-corrected chi connectivity index (χ4v) is 9.96. The Bertz CT molecular complexity index is 1700. The molecule has 0 bridgehead atoms. The number of rotatable bonds is 21. The van der Waals surface area contributed by atoms with Gasteiger partial charge < -0.3 is 64.8 Å². The SMILES string of the molecule is CCCCn1cc(C(=O)NCCCC(=O)C2CC(CC)[C@@H](O[C@@H]3OC(C)[C@@H](O)[C@H](O)C3O)[C@H](O[C@@H]3O[C@@H](CO)[C@H](O)C(O[C@@H](CC4CCCCC4)C(=O)N4CCC4)C3NC(C)=O)C2)nn1. The minimum absolute atomic E-state index is 0.0824. The summed E-state index contributed by atoms with van der Waals surface area (Å²) in [5.41, 5.74) is 0.189. The molecule has 15 atom stereocenters. The highest BCUT2D eigenvalue weighted by Gasteiger charge is 2.53. The van der Waals surface area contributed by atoms with Gasteiger partial charge >= 0.3 is 0 Å². The minimum atomic E-state index is -1.63. The van der Waals surface area contributed by atoms with Crippen LogP contribution in [0.3, 0.4) is 0 Å². The van der Waals surface area contributed by atoms with Gasteiger partial charge in [-0.3, -0.25) is 23.9 Å². The summed E-state index contributed by atoms with van der Waals surface area (Å²) >= 11 is 0. The first-order valence-electron chi connectivity index (χ1n) is 24.1. The van der Waals surface area contributed by atoms with Crippen LogP contribution in [-0.4, -0.2) is 175 Å². The lowest BCUT2D eigenvalue weighted by atomic mass is 9.74. The number of likely N-dealkylation sites (tertiary alicyclic amines) is 1. The monoisotopic (exact) mass is 923 g/mol. The van der Waals surface area contributed by atoms with Gasteiger partial charge in [-0.2, -0.15) is 0 Å². The number of aromatic nitrogens is 3. The van der Waals surface area contributed by atoms with E-state index in [1.165, 1.54) is 6.92 Å². The zero-order chi connectivity index (χ0) is 46.8. The summed E-state index contributed by atoms with van der Waals surface area (Å²) in [6.45, 7) is 8.20. The molecule has 4 heterocycles. The van der Waals surface area contributed by atoms with Crippen LogP contribution in [0, 0.1) is 17.8 Å². The van der Waals surface area contributed by atoms with Crippen molar-refractivity contribution in [3.8, 4) is 0 Å². The van der Waals surface area contributed by atoms with E-state index < -0.39 is 104 Å². The molecule has 3 amide bonds. The normalized spacial score (nSPS) is 34.9. The highest BCUT2D eigenvalue weighted by molar-refractivity contribution is 5.91. The number of nitrogens with one attached hydrogen (secondary N) is 2. The lowest BCUT2D eigenvalue weighted by Crippen LogP contribution is -2.67. The number of Topliss-reactive ketones (excluding diaryl/α,β-unsaturated/α-hetero) is 1. The number of aliphatic hydroxyl groups is 5. The first kappa shape index (κ1) is 51.2. The first-order valence-corrected chi connectivity index (χ1v) is 24.1. The molecular weight excluding hydrogens is 849 g/mol. The maximum atomic E-state index is 14.1. The number of ketones is 1. The van der Waals surface area contributed by atoms with Gasteiger partial charge in [0.2, 0.25) is 5.91 Å². The van der Waals surface area contributed by atoms with Crippen molar-refractivity contribution in [2.45, 2.75) is 204 Å². The molecule has 6 unspecified atom stereocenters. The third kappa shape index (κ3) is 13.1. The molecule has 368 valence electrons. The molecule has 5 fully saturated rings. The summed E-state index contributed by atoms with van der Waals surface area (Å²) < 4.78 is 33.7. The van der Waals surface area contributed by atoms with Crippen molar-refractivity contribution in [1.82, 2.24) is 30.5 Å². The van der Waals surface area contributed by atoms with Crippen LogP contribution in [0.25, 0.3) is 0 Å². The molecule has 0 spiro atoms. The maximum Gasteiger partial charge on any atom is 0.273 e. The van der Waals surface area contributed by atoms with Gasteiger partial charge in [0.15, 0.2) is 18.3 Å². The number of unbranched alkanes of at least 4 members (excludes halogenated alkanes) is 1. The highest BCUT2D eigenvalue weighted by atomic mass is 16.7. The van der Waals surface area contributed by atoms with E-state index in [0.29, 0.717) is 45.3 Å². The van der Waals surface area contributed by atoms with Crippen molar-refractivity contribution in [2.24, 2.45) is 17.8 Å². The smallest absolute Gasteiger partial charge is 0.273 e. The Hall–Kier alpha value is -3.18. The zero-order valence-corrected chi connectivity index (χ0v) is 38.4. The van der Waals surface area contributed by atoms with Crippen molar-refractivity contribution in [2.75, 3.05) is 26.2 Å². The van der Waals surface area contributed by atoms with E-state index in [1.807, 2.05) is 6.92 Å². The van der Waals surface area contributed by atoms with Gasteiger partial charge in [0.25, 0.3) is 11.8 Å². The summed E-state index contributed by atoms with van der Waals surface area (Å²) in [5.74, 6) is -1.89. The molecule has 2 saturated carbocycles. The number of hydrogen-bond acceptors (Lipinski definition) is 16. The van der Waals surface area contributed by atoms with Gasteiger partial charge in [0.05, 0.1) is 31.1 Å². The average Bonchev–Trinajstić information content (AvgIpc) is 3.76. The van der Waals surface area contributed by atoms with Crippen LogP contribution in [0.2, 0.25) is 0 Å². The van der Waals surface area contributed by atoms with Crippen molar-refractivity contribution in [1.29, 1.82) is 0 Å². The molecule has 7 N–H and O–H groups in total. The minimum Gasteiger partial charge on any atom is -0.394 e. The van der Waals surface area contributed by atoms with Gasteiger partial charge in [-0.15, -0.1) is 5.10 Å². The fourth-order valence-electron chi connectivity index (χ4n) is 9.96. The van der Waals surface area contributed by atoms with E-state index in [1.54, 1.807) is 22.7 Å². The van der Waals surface area contributed by atoms with Gasteiger partial charge in [-0.25, -0.2) is 0 Å². The van der Waals surface area contributed by atoms with E-state index in [2.05, 4.69) is 27.9 Å². The molecule has 3 saturated heterocycles. The molecule has 6 rings (SSSR count). The van der Waals surface area contributed by atoms with Crippen LogP contribution >= 0.6 is 0 Å². The second-order valence-electron chi connectivity index (χ2n) is 18.8. The van der Waals surface area contributed by atoms with Gasteiger partial charge in [-0.05, 0) is 57.3 Å². The second-order valence-corrected chi connectivity index (χ2v) is 18.8. The molecule has 0 radical (unpaired) electrons. The number of hydrogen-bond donors (Lipinski definition) is 7. The average molecular weight is 923 g/mol. The molecule has 2 aliphatic carbocycles. The molecule has 65 heavy (non-hydrogen) atoms. The molecule has 3 aliphatic heterocycles. The molecule has 20 nitrogen and oxygen atoms in total. The quantitative estimate of drug-likeness (QED) is 0.0838. The summed E-state index contributed by atoms with van der Waals surface area (Å²) in [5, 5.41) is 68.1. The Balaban J connectivity index is 1.23. The lowest BCUT2D eigenvalue weighted by molar-refractivity contribution is -0.338. The molecule has 0 aromatic carbocycles. The Morgan fingerprint density at radius 3 is 2.32 bits per heavy atom. The fraction of sp³-hybridized carbons (Fsp3) is 0.867. The molecule has 20 heteroatoms. The van der Waals surface area contributed by atoms with Gasteiger partial charge in [0, 0.05) is 45.4 Å². The van der Waals surface area contributed by atoms with Crippen molar-refractivity contribution < 1.29 is 68.4 Å². The van der Waals surface area contributed by atoms with Crippen LogP contribution in [0.15, 0.2) is 6.20 Å². The summed E-state index contributed by atoms with van der Waals surface area (Å²) in [6, 6.07) is -1.20. The predicted octanol–water partition coefficient (Wildman–Crippen LogP) is 0.731. The van der Waals surface area contributed by atoms with Gasteiger partial charge in [-0.1, -0.05) is 64.0 Å². The summed E-state index contributed by atoms with van der Waals surface area (Å²) in [4.78, 5) is 55.5. The molecule has 1 aromatic heterocycles. The van der Waals surface area contributed by atoms with E-state index in [0.717, 1.165) is 51.4 Å². The Morgan fingerprint density at radius 1 is 0.908 bits per heavy atom. The third-order valence-electron chi connectivity index (χ3n) is 14.0. The van der Waals surface area contributed by atoms with Crippen LogP contribution in [0.5, 0.6) is 0 Å². The Morgan fingerprint density at radius 2 is 1.66 bits per heavy atom. The standard InChI is InChI=1S/C45H74N6O14/c1-5-7-19-51-23-30(48-49-51)42(59)46-16-11-15-31(54)29-21-28(6-2)40(65-45-39(58)38(57)36(55)25(3)61-45)32(22-29)63-44-35(47-26(4)53)41(37(56)34(24-52)64-44)62-33(43(60)50-17-12-18-50)20-27-13-9-8-10-14-27/h23,25,27-29,32-41,44-45,52,55-58H,5-22,24H2,1-4H3,(H,46,59)(H,47,53)/t25?,28?,29?,32-,33+,34+,35?,36-,37+,38+,39?,40-,41?,44-,45+/m1/s1. The van der Waals surface area contributed by atoms with Crippen molar-refractivity contribution >= 4 is 23.5 Å². The molecular formula is C45H74N6O14. The van der Waals surface area contributed by atoms with E-state index in [4.69, 9.17) is 23.7 Å². The second kappa shape index (κ2) is 24.2. The predicted molar refractivity (Wildman–Crippen MR) is 231 cm³/mol. The third-order valence-corrected chi connectivity index (χ3v) is 14.0. The van der Waals surface area contributed by atoms with E-state index in [-0.39, 0.29) is 48.6 Å². The summed E-state index contributed by atoms with van der Waals surface area (Å²) in [6.07, 6.45) is -3.88. The number of ether oxygens (including phenoxy) is 5. The Kier molecular flexibility index (Phi) is 19.1. The number of amides is 3. The van der Waals surface area contributed by atoms with Crippen molar-refractivity contribution in [3.05, 3.63) is 11.9 Å². The van der Waals surface area contributed by atoms with Crippen LogP contribution < -0.4 is 10.6 Å². The topological polar surface area (TPSA) is 274 Å². The zero-order valence-electron chi connectivity index (χ0n) is 38.4. The molecule has 5 aliphatic rings. The van der Waals surface area contributed by atoms with E-state index in [9.17, 15) is 44.7 Å². The van der Waals surface area contributed by atoms with Crippen LogP contribution in [0.4, 0.5) is 0 Å². The number of carbonyl (C=O) groups excluding carboxylic acids is 4. The maximum absolute atomic E-state index is 14.1. The Labute approximate surface area is 381 Å². The van der Waals surface area contributed by atoms with Crippen LogP contribution in [0.1, 0.15) is 128 Å². The highest BCUT2D eigenvalue weighted by Crippen LogP contribution is 2.40. The molecule has 1 aromatic rings.